The van der Waals surface area contributed by atoms with Gasteiger partial charge >= 0.3 is 17.9 Å². The topological polar surface area (TPSA) is 324 Å². The van der Waals surface area contributed by atoms with E-state index < -0.39 is 133 Å². The van der Waals surface area contributed by atoms with Crippen molar-refractivity contribution in [2.24, 2.45) is 11.8 Å². The van der Waals surface area contributed by atoms with Gasteiger partial charge in [-0.05, 0) is 50.4 Å². The van der Waals surface area contributed by atoms with Gasteiger partial charge in [0.15, 0.2) is 0 Å². The average molecular weight is 812 g/mol. The largest absolute Gasteiger partial charge is 0.481 e. The maximum Gasteiger partial charge on any atom is 0.322 e. The molecule has 1 rings (SSSR count). The van der Waals surface area contributed by atoms with E-state index in [1.54, 1.807) is 34.6 Å². The molecular formula is C36H57N7O14. The van der Waals surface area contributed by atoms with Crippen LogP contribution in [0.2, 0.25) is 0 Å². The van der Waals surface area contributed by atoms with Crippen molar-refractivity contribution in [1.29, 1.82) is 0 Å². The molecule has 6 atom stereocenters. The standard InChI is InChI=1S/C36H57N7O14/c1-7-9-21(30(51)35(56)37-17-28(49)50)39-33(54)25-10-8-15-43(25)36(57)24(16-18(2)3)41-34(55)29(19(4)5)42-32(53)23(12-14-27(47)48)40-31(52)22(38-20(6)44)11-13-26(45)46/h18-19,21-25,29H,7-17H2,1-6H3,(H,37,56)(H,38,44)(H,39,54)(H,40,52)(H,41,55)(H,42,53)(H,45,46)(H,47,48)(H,49,50)/t21-,22-,23-,24-,25-,29-/m0/s1. The molecule has 1 aliphatic rings. The lowest BCUT2D eigenvalue weighted by atomic mass is 9.98. The van der Waals surface area contributed by atoms with Crippen LogP contribution in [-0.4, -0.2) is 135 Å². The Morgan fingerprint density at radius 2 is 1.21 bits per heavy atom. The molecule has 1 fully saturated rings. The van der Waals surface area contributed by atoms with Crippen molar-refractivity contribution in [3.63, 3.8) is 0 Å². The summed E-state index contributed by atoms with van der Waals surface area (Å²) in [4.78, 5) is 139. The molecule has 0 radical (unpaired) electrons. The molecule has 0 aromatic heterocycles. The number of carboxylic acid groups (broad SMARTS) is 3. The number of aliphatic carboxylic acids is 3. The van der Waals surface area contributed by atoms with Crippen molar-refractivity contribution >= 4 is 65.0 Å². The van der Waals surface area contributed by atoms with Crippen LogP contribution in [0.15, 0.2) is 0 Å². The van der Waals surface area contributed by atoms with Crippen LogP contribution in [0.4, 0.5) is 0 Å². The fraction of sp³-hybridized carbons (Fsp3) is 0.694. The van der Waals surface area contributed by atoms with E-state index >= 15 is 0 Å². The Kier molecular flexibility index (Phi) is 20.9. The van der Waals surface area contributed by atoms with E-state index in [2.05, 4.69) is 26.6 Å². The number of likely N-dealkylation sites (tertiary alicyclic amines) is 1. The number of hydrogen-bond acceptors (Lipinski definition) is 11. The van der Waals surface area contributed by atoms with Gasteiger partial charge in [0.2, 0.25) is 41.2 Å². The molecule has 0 bridgehead atoms. The fourth-order valence-electron chi connectivity index (χ4n) is 6.06. The number of nitrogens with one attached hydrogen (secondary N) is 6. The smallest absolute Gasteiger partial charge is 0.322 e. The number of amides is 7. The molecule has 7 amide bonds. The van der Waals surface area contributed by atoms with Gasteiger partial charge in [0.25, 0.3) is 5.91 Å². The molecule has 1 aliphatic heterocycles. The minimum absolute atomic E-state index is 0.0571. The van der Waals surface area contributed by atoms with Crippen LogP contribution in [-0.2, 0) is 52.7 Å². The van der Waals surface area contributed by atoms with Crippen LogP contribution in [0.25, 0.3) is 0 Å². The summed E-state index contributed by atoms with van der Waals surface area (Å²) in [6.07, 6.45) is -0.729. The first-order valence-corrected chi connectivity index (χ1v) is 18.9. The van der Waals surface area contributed by atoms with Crippen molar-refractivity contribution in [3.05, 3.63) is 0 Å². The lowest BCUT2D eigenvalue weighted by Crippen LogP contribution is -2.60. The van der Waals surface area contributed by atoms with E-state index in [0.717, 1.165) is 6.92 Å². The number of ketones is 1. The van der Waals surface area contributed by atoms with Gasteiger partial charge in [0, 0.05) is 26.3 Å². The van der Waals surface area contributed by atoms with Gasteiger partial charge in [-0.15, -0.1) is 0 Å². The van der Waals surface area contributed by atoms with E-state index in [1.165, 1.54) is 4.90 Å². The molecule has 0 unspecified atom stereocenters. The van der Waals surface area contributed by atoms with Crippen LogP contribution < -0.4 is 31.9 Å². The number of nitrogens with zero attached hydrogens (tertiary/aromatic N) is 1. The Bertz CT molecular complexity index is 1520. The summed E-state index contributed by atoms with van der Waals surface area (Å²) in [5, 5.41) is 41.5. The van der Waals surface area contributed by atoms with Crippen LogP contribution in [0, 0.1) is 11.8 Å². The van der Waals surface area contributed by atoms with Crippen molar-refractivity contribution in [2.45, 2.75) is 136 Å². The zero-order chi connectivity index (χ0) is 43.6. The van der Waals surface area contributed by atoms with E-state index in [0.29, 0.717) is 12.8 Å². The number of carbonyl (C=O) groups excluding carboxylic acids is 8. The lowest BCUT2D eigenvalue weighted by Gasteiger charge is -2.32. The van der Waals surface area contributed by atoms with Gasteiger partial charge in [-0.2, -0.15) is 0 Å². The number of carboxylic acids is 3. The molecular weight excluding hydrogens is 754 g/mol. The number of Topliss-reactive ketones (excluding diaryl/α,β-unsaturated/α-hetero) is 1. The Morgan fingerprint density at radius 1 is 0.667 bits per heavy atom. The highest BCUT2D eigenvalue weighted by Gasteiger charge is 2.40. The van der Waals surface area contributed by atoms with Crippen molar-refractivity contribution < 1.29 is 68.1 Å². The van der Waals surface area contributed by atoms with E-state index in [4.69, 9.17) is 10.2 Å². The summed E-state index contributed by atoms with van der Waals surface area (Å²) < 4.78 is 0. The van der Waals surface area contributed by atoms with Crippen molar-refractivity contribution in [3.8, 4) is 0 Å². The molecule has 0 aromatic carbocycles. The van der Waals surface area contributed by atoms with E-state index in [1.807, 2.05) is 5.32 Å². The fourth-order valence-corrected chi connectivity index (χ4v) is 6.06. The average Bonchev–Trinajstić information content (AvgIpc) is 3.61. The van der Waals surface area contributed by atoms with Crippen LogP contribution in [0.1, 0.15) is 99.3 Å². The predicted molar refractivity (Wildman–Crippen MR) is 199 cm³/mol. The van der Waals surface area contributed by atoms with Crippen molar-refractivity contribution in [1.82, 2.24) is 36.8 Å². The second kappa shape index (κ2) is 24.1. The second-order valence-electron chi connectivity index (χ2n) is 14.6. The quantitative estimate of drug-likeness (QED) is 0.0471. The lowest BCUT2D eigenvalue weighted by molar-refractivity contribution is -0.144. The Balaban J connectivity index is 3.27. The first kappa shape index (κ1) is 49.4. The third kappa shape index (κ3) is 17.4. The molecule has 21 nitrogen and oxygen atoms in total. The van der Waals surface area contributed by atoms with Gasteiger partial charge < -0.3 is 52.1 Å². The van der Waals surface area contributed by atoms with E-state index in [9.17, 15) is 57.8 Å². The second-order valence-corrected chi connectivity index (χ2v) is 14.6. The summed E-state index contributed by atoms with van der Waals surface area (Å²) in [6.45, 7) is 8.88. The first-order valence-electron chi connectivity index (χ1n) is 18.9. The molecule has 21 heteroatoms. The summed E-state index contributed by atoms with van der Waals surface area (Å²) in [6, 6.07) is -7.80. The van der Waals surface area contributed by atoms with Gasteiger partial charge in [-0.25, -0.2) is 0 Å². The Labute approximate surface area is 330 Å². The molecule has 0 aliphatic carbocycles. The van der Waals surface area contributed by atoms with Crippen LogP contribution >= 0.6 is 0 Å². The summed E-state index contributed by atoms with van der Waals surface area (Å²) in [7, 11) is 0. The maximum absolute atomic E-state index is 14.1. The van der Waals surface area contributed by atoms with Gasteiger partial charge in [-0.1, -0.05) is 41.0 Å². The zero-order valence-electron chi connectivity index (χ0n) is 33.2. The molecule has 0 spiro atoms. The minimum Gasteiger partial charge on any atom is -0.481 e. The SMILES string of the molecule is CCC[C@H](NC(=O)[C@@H]1CCCN1C(=O)[C@H](CC(C)C)NC(=O)[C@@H](NC(=O)[C@H](CCC(=O)O)NC(=O)[C@H](CCC(=O)O)NC(C)=O)C(C)C)C(=O)C(=O)NCC(=O)O. The molecule has 1 saturated heterocycles. The first-order chi connectivity index (χ1) is 26.6. The molecule has 0 saturated carbocycles. The highest BCUT2D eigenvalue weighted by Crippen LogP contribution is 2.21. The molecule has 9 N–H and O–H groups in total. The highest BCUT2D eigenvalue weighted by atomic mass is 16.4. The number of hydrogen-bond donors (Lipinski definition) is 9. The summed E-state index contributed by atoms with van der Waals surface area (Å²) in [5.41, 5.74) is 0. The monoisotopic (exact) mass is 811 g/mol. The molecule has 320 valence electrons. The van der Waals surface area contributed by atoms with Crippen LogP contribution in [0.3, 0.4) is 0 Å². The van der Waals surface area contributed by atoms with Gasteiger partial charge in [0.05, 0.1) is 6.04 Å². The number of carbonyl (C=O) groups is 11. The third-order valence-electron chi connectivity index (χ3n) is 8.86. The molecule has 0 aromatic rings. The Hall–Kier alpha value is -5.63. The van der Waals surface area contributed by atoms with Crippen molar-refractivity contribution in [2.75, 3.05) is 13.1 Å². The zero-order valence-corrected chi connectivity index (χ0v) is 33.2. The normalized spacial score (nSPS) is 16.3. The maximum atomic E-state index is 14.1. The third-order valence-corrected chi connectivity index (χ3v) is 8.86. The van der Waals surface area contributed by atoms with Gasteiger partial charge in [0.1, 0.15) is 36.8 Å². The molecule has 57 heavy (non-hydrogen) atoms. The Morgan fingerprint density at radius 3 is 1.70 bits per heavy atom. The molecule has 1 heterocycles. The number of rotatable bonds is 25. The predicted octanol–water partition coefficient (Wildman–Crippen LogP) is -1.58. The summed E-state index contributed by atoms with van der Waals surface area (Å²) >= 11 is 0. The van der Waals surface area contributed by atoms with E-state index in [-0.39, 0.29) is 38.1 Å². The summed E-state index contributed by atoms with van der Waals surface area (Å²) in [5.74, 6) is -11.7. The van der Waals surface area contributed by atoms with Crippen LogP contribution in [0.5, 0.6) is 0 Å². The van der Waals surface area contributed by atoms with Gasteiger partial charge in [-0.3, -0.25) is 52.7 Å². The minimum atomic E-state index is -1.53. The highest BCUT2D eigenvalue weighted by molar-refractivity contribution is 6.38.